The lowest BCUT2D eigenvalue weighted by Crippen LogP contribution is -2.16. The van der Waals surface area contributed by atoms with Crippen LogP contribution in [0.15, 0.2) is 129 Å². The molecule has 0 spiro atoms. The van der Waals surface area contributed by atoms with E-state index in [1.807, 2.05) is 0 Å². The average molecular weight is 1080 g/mol. The molecule has 0 aliphatic carbocycles. The molecule has 1 aromatic heterocycles. The Balaban J connectivity index is 1.47. The molecule has 0 radical (unpaired) electrons. The quantitative estimate of drug-likeness (QED) is 0.0405. The van der Waals surface area contributed by atoms with Gasteiger partial charge in [0.25, 0.3) is 40.5 Å². The number of aromatic hydroxyl groups is 1. The number of rotatable bonds is 15. The molecule has 68 heavy (non-hydrogen) atoms. The fraction of sp³-hybridized carbons (Fsp3) is 0.0606. The zero-order valence-corrected chi connectivity index (χ0v) is 38.6. The maximum Gasteiger partial charge on any atom is 0.397 e. The lowest BCUT2D eigenvalue weighted by Gasteiger charge is -2.14. The van der Waals surface area contributed by atoms with Crippen molar-refractivity contribution in [2.75, 3.05) is 18.1 Å². The largest absolute Gasteiger partial charge is 0.505 e. The Bertz CT molecular complexity index is 3910. The number of nitrogens with two attached hydrogens (primary N) is 1. The Morgan fingerprint density at radius 1 is 0.632 bits per heavy atom. The van der Waals surface area contributed by atoms with E-state index in [-0.39, 0.29) is 33.3 Å². The van der Waals surface area contributed by atoms with Crippen LogP contribution in [-0.2, 0) is 64.9 Å². The van der Waals surface area contributed by atoms with E-state index < -0.39 is 137 Å². The van der Waals surface area contributed by atoms with E-state index in [9.17, 15) is 73.8 Å². The average Bonchev–Trinajstić information content (AvgIpc) is 3.20. The number of hydrogen-bond donors (Lipinski definition) is 8. The molecular weight excluding hydrogens is 1050 g/mol. The molecule has 360 valence electrons. The zero-order chi connectivity index (χ0) is 50.4. The number of aromatic amines is 1. The van der Waals surface area contributed by atoms with Crippen molar-refractivity contribution in [3.63, 3.8) is 0 Å². The van der Waals surface area contributed by atoms with Crippen molar-refractivity contribution in [3.05, 3.63) is 89.8 Å². The first-order valence-corrected chi connectivity index (χ1v) is 26.7. The van der Waals surface area contributed by atoms with E-state index in [2.05, 4.69) is 44.6 Å². The third-order valence-electron chi connectivity index (χ3n) is 8.67. The number of sulfone groups is 1. The second-order valence-corrected chi connectivity index (χ2v) is 22.4. The van der Waals surface area contributed by atoms with Crippen LogP contribution in [0.3, 0.4) is 0 Å². The number of benzene rings is 5. The number of phenols is 1. The van der Waals surface area contributed by atoms with Crippen LogP contribution in [0.2, 0.25) is 5.28 Å². The second kappa shape index (κ2) is 18.7. The summed E-state index contributed by atoms with van der Waals surface area (Å²) in [5.74, 6) is -2.41. The molecule has 28 nitrogen and oxygen atoms in total. The van der Waals surface area contributed by atoms with Crippen LogP contribution in [0, 0.1) is 0 Å². The van der Waals surface area contributed by atoms with Crippen LogP contribution in [-0.4, -0.2) is 106 Å². The minimum absolute atomic E-state index is 0.0714. The molecule has 35 heteroatoms. The molecule has 0 bridgehead atoms. The van der Waals surface area contributed by atoms with Crippen LogP contribution in [0.5, 0.6) is 5.75 Å². The Kier molecular flexibility index (Phi) is 14.0. The number of hydrogen-bond acceptors (Lipinski definition) is 22. The van der Waals surface area contributed by atoms with E-state index in [0.717, 1.165) is 54.6 Å². The predicted molar refractivity (Wildman–Crippen MR) is 232 cm³/mol. The molecule has 9 N–H and O–H groups in total. The topological polar surface area (TPSA) is 465 Å². The number of nitrogens with zero attached hydrogens (tertiary/aromatic N) is 7. The highest BCUT2D eigenvalue weighted by atomic mass is 35.5. The van der Waals surface area contributed by atoms with Crippen LogP contribution in [0.4, 0.5) is 34.1 Å². The minimum Gasteiger partial charge on any atom is -0.505 e. The Morgan fingerprint density at radius 3 is 1.82 bits per heavy atom. The van der Waals surface area contributed by atoms with Crippen LogP contribution in [0.1, 0.15) is 0 Å². The maximum atomic E-state index is 12.8. The van der Waals surface area contributed by atoms with Crippen LogP contribution >= 0.6 is 11.6 Å². The van der Waals surface area contributed by atoms with Crippen molar-refractivity contribution in [1.82, 2.24) is 15.0 Å². The number of nitrogens with one attached hydrogen (secondary N) is 1. The number of H-pyrrole nitrogens is 1. The summed E-state index contributed by atoms with van der Waals surface area (Å²) >= 11 is 6.14. The molecule has 0 fully saturated rings. The van der Waals surface area contributed by atoms with Crippen molar-refractivity contribution in [3.8, 4) is 17.1 Å². The molecule has 0 aliphatic rings. The van der Waals surface area contributed by atoms with Gasteiger partial charge in [-0.1, -0.05) is 6.07 Å². The molecule has 1 heterocycles. The van der Waals surface area contributed by atoms with Gasteiger partial charge in [-0.05, 0) is 89.8 Å². The molecule has 6 aromatic rings. The number of aromatic nitrogens is 3. The van der Waals surface area contributed by atoms with Crippen molar-refractivity contribution >= 4 is 117 Å². The van der Waals surface area contributed by atoms with Crippen molar-refractivity contribution in [2.24, 2.45) is 25.4 Å². The summed E-state index contributed by atoms with van der Waals surface area (Å²) in [5.41, 5.74) is 1.77. The summed E-state index contributed by atoms with van der Waals surface area (Å²) in [6, 6.07) is 12.4. The Morgan fingerprint density at radius 2 is 1.24 bits per heavy atom. The highest BCUT2D eigenvalue weighted by Crippen LogP contribution is 2.48. The standard InChI is InChI=1S/C33H26ClN9O19S6/c34-32-37-31(38-33(39-32)36-19-2-1-3-21(15-19)63(45,46)11-10-62-68(59,60)61)16-4-9-23(65(50,51)52)22(12-16)41-43-29-25(67(56,57)58)14-17-13-24(66(53,54)55)28(27(35)26(17)30(29)44)42-40-18-5-7-20(8-6-18)64(47,48)49/h1-9,12-15,44H,10-11,35H2,(H,47,48,49)(H,50,51,52)(H,53,54,55)(H,56,57,58)(H,59,60,61)(H,36,37,38,39). The van der Waals surface area contributed by atoms with Gasteiger partial charge in [-0.25, -0.2) is 17.6 Å². The minimum atomic E-state index is -5.48. The van der Waals surface area contributed by atoms with Gasteiger partial charge in [-0.15, -0.1) is 15.3 Å². The fourth-order valence-corrected chi connectivity index (χ4v) is 9.85. The van der Waals surface area contributed by atoms with Gasteiger partial charge in [-0.3, -0.25) is 22.8 Å². The van der Waals surface area contributed by atoms with Gasteiger partial charge in [0.1, 0.15) is 37.6 Å². The second-order valence-electron chi connectivity index (χ2n) is 13.3. The molecule has 0 amide bonds. The smallest absolute Gasteiger partial charge is 0.397 e. The molecule has 0 aliphatic heterocycles. The van der Waals surface area contributed by atoms with Crippen molar-refractivity contribution < 1.29 is 82.6 Å². The first-order valence-electron chi connectivity index (χ1n) is 17.6. The normalized spacial score (nSPS) is 13.5. The molecule has 0 saturated heterocycles. The Hall–Kier alpha value is -6.28. The highest BCUT2D eigenvalue weighted by Gasteiger charge is 2.29. The van der Waals surface area contributed by atoms with Crippen molar-refractivity contribution in [2.45, 2.75) is 24.5 Å². The van der Waals surface area contributed by atoms with Gasteiger partial charge in [0.15, 0.2) is 15.6 Å². The number of nitrogen functional groups attached to an aromatic ring is 1. The molecule has 0 unspecified atom stereocenters. The van der Waals surface area contributed by atoms with E-state index in [1.165, 1.54) is 12.1 Å². The van der Waals surface area contributed by atoms with Crippen LogP contribution < -0.4 is 11.4 Å². The summed E-state index contributed by atoms with van der Waals surface area (Å²) in [6.07, 6.45) is 0. The lowest BCUT2D eigenvalue weighted by atomic mass is 10.1. The third-order valence-corrected chi connectivity index (χ3v) is 14.5. The van der Waals surface area contributed by atoms with E-state index in [1.54, 1.807) is 0 Å². The highest BCUT2D eigenvalue weighted by molar-refractivity contribution is 7.91. The van der Waals surface area contributed by atoms with Gasteiger partial charge in [0.05, 0.1) is 44.6 Å². The fourth-order valence-electron chi connectivity index (χ4n) is 5.75. The molecule has 5 aromatic carbocycles. The summed E-state index contributed by atoms with van der Waals surface area (Å²) in [4.78, 5) is 10.4. The SMILES string of the molecule is Nc1c(N=Nc2ccc(S(=O)(=O)O)cc2)c(S(=O)(=O)O)cc2cc(S(=O)(=O)O)c(N=Nc3cc(-c4nc(Cl)nc(=Nc5cccc(S(=O)(=O)CCOS(=O)(=O)O)c5)[nH]4)ccc3S(=O)(=O)O)c(O)c12. The molecule has 0 atom stereocenters. The predicted octanol–water partition coefficient (Wildman–Crippen LogP) is 4.21. The molecule has 0 saturated carbocycles. The summed E-state index contributed by atoms with van der Waals surface area (Å²) in [6.45, 7) is -0.918. The number of azo groups is 2. The van der Waals surface area contributed by atoms with E-state index in [4.69, 9.17) is 21.9 Å². The number of anilines is 1. The number of phenolic OH excluding ortho intramolecular Hbond substituents is 1. The first-order chi connectivity index (χ1) is 31.3. The zero-order valence-electron chi connectivity index (χ0n) is 32.9. The van der Waals surface area contributed by atoms with E-state index in [0.29, 0.717) is 12.1 Å². The summed E-state index contributed by atoms with van der Waals surface area (Å²) in [5, 5.41) is 24.5. The first kappa shape index (κ1) is 51.1. The monoisotopic (exact) mass is 1080 g/mol. The molecule has 6 rings (SSSR count). The maximum absolute atomic E-state index is 12.8. The van der Waals surface area contributed by atoms with Gasteiger partial charge in [0.2, 0.25) is 10.9 Å². The van der Waals surface area contributed by atoms with Gasteiger partial charge >= 0.3 is 10.4 Å². The van der Waals surface area contributed by atoms with Crippen molar-refractivity contribution in [1.29, 1.82) is 0 Å². The van der Waals surface area contributed by atoms with Crippen LogP contribution in [0.25, 0.3) is 22.2 Å². The summed E-state index contributed by atoms with van der Waals surface area (Å²) in [7, 11) is -29.8. The van der Waals surface area contributed by atoms with Gasteiger partial charge in [-0.2, -0.15) is 57.2 Å². The molecular formula is C33H26ClN9O19S6. The number of halogens is 1. The lowest BCUT2D eigenvalue weighted by molar-refractivity contribution is 0.284. The number of fused-ring (bicyclic) bond motifs is 1. The Labute approximate surface area is 387 Å². The van der Waals surface area contributed by atoms with Gasteiger partial charge in [0, 0.05) is 5.56 Å². The third kappa shape index (κ3) is 12.1. The van der Waals surface area contributed by atoms with E-state index >= 15 is 0 Å². The summed E-state index contributed by atoms with van der Waals surface area (Å²) < 4.78 is 198. The van der Waals surface area contributed by atoms with Gasteiger partial charge < -0.3 is 15.8 Å².